The van der Waals surface area contributed by atoms with Crippen molar-refractivity contribution in [1.82, 2.24) is 0 Å². The number of nitrogens with two attached hydrogens (primary N) is 4. The van der Waals surface area contributed by atoms with Gasteiger partial charge in [-0.3, -0.25) is 9.59 Å². The Kier molecular flexibility index (Phi) is 6.64. The topological polar surface area (TPSA) is 138 Å². The summed E-state index contributed by atoms with van der Waals surface area (Å²) >= 11 is 0. The predicted molar refractivity (Wildman–Crippen MR) is 57.4 cm³/mol. The van der Waals surface area contributed by atoms with Crippen molar-refractivity contribution in [2.45, 2.75) is 44.2 Å². The van der Waals surface area contributed by atoms with E-state index in [4.69, 9.17) is 22.9 Å². The first-order valence-corrected chi connectivity index (χ1v) is 4.99. The van der Waals surface area contributed by atoms with E-state index >= 15 is 0 Å². The number of amides is 2. The van der Waals surface area contributed by atoms with Gasteiger partial charge in [0.05, 0.1) is 0 Å². The number of rotatable bonds is 8. The second-order valence-electron chi connectivity index (χ2n) is 3.79. The molecule has 2 amide bonds. The quantitative estimate of drug-likeness (QED) is 0.394. The number of carbonyl (C=O) groups excluding carboxylic acids is 2. The van der Waals surface area contributed by atoms with Gasteiger partial charge in [-0.1, -0.05) is 6.42 Å². The Morgan fingerprint density at radius 2 is 1.20 bits per heavy atom. The zero-order valence-corrected chi connectivity index (χ0v) is 8.82. The van der Waals surface area contributed by atoms with Crippen molar-refractivity contribution in [2.24, 2.45) is 22.9 Å². The summed E-state index contributed by atoms with van der Waals surface area (Å²) in [6.45, 7) is 0. The van der Waals surface area contributed by atoms with Crippen molar-refractivity contribution in [2.75, 3.05) is 0 Å². The molecular weight excluding hydrogens is 196 g/mol. The van der Waals surface area contributed by atoms with E-state index in [0.717, 1.165) is 6.42 Å². The SMILES string of the molecule is NC(=O)CC(N)CCCC(N)CC(N)=O. The fourth-order valence-electron chi connectivity index (χ4n) is 1.36. The molecule has 15 heavy (non-hydrogen) atoms. The Morgan fingerprint density at radius 3 is 1.47 bits per heavy atom. The lowest BCUT2D eigenvalue weighted by Gasteiger charge is -2.12. The zero-order chi connectivity index (χ0) is 11.8. The molecular formula is C9H20N4O2. The molecule has 0 rings (SSSR count). The average Bonchev–Trinajstić information content (AvgIpc) is 2.00. The highest BCUT2D eigenvalue weighted by Crippen LogP contribution is 2.05. The third-order valence-corrected chi connectivity index (χ3v) is 2.08. The molecule has 0 aromatic carbocycles. The van der Waals surface area contributed by atoms with Gasteiger partial charge in [-0.15, -0.1) is 0 Å². The lowest BCUT2D eigenvalue weighted by atomic mass is 10.0. The molecule has 0 heterocycles. The second kappa shape index (κ2) is 7.19. The molecule has 88 valence electrons. The minimum atomic E-state index is -0.399. The standard InChI is InChI=1S/C9H20N4O2/c10-6(4-8(12)14)2-1-3-7(11)5-9(13)15/h6-7H,1-5,10-11H2,(H2,12,14)(H2,13,15). The van der Waals surface area contributed by atoms with Gasteiger partial charge in [-0.2, -0.15) is 0 Å². The largest absolute Gasteiger partial charge is 0.370 e. The summed E-state index contributed by atoms with van der Waals surface area (Å²) in [5.74, 6) is -0.798. The van der Waals surface area contributed by atoms with Gasteiger partial charge in [0.25, 0.3) is 0 Å². The first-order chi connectivity index (χ1) is 6.91. The molecule has 0 aliphatic carbocycles. The maximum atomic E-state index is 10.5. The van der Waals surface area contributed by atoms with Crippen molar-refractivity contribution >= 4 is 11.8 Å². The fraction of sp³-hybridized carbons (Fsp3) is 0.778. The van der Waals surface area contributed by atoms with Crippen LogP contribution in [-0.4, -0.2) is 23.9 Å². The molecule has 0 aliphatic heterocycles. The highest BCUT2D eigenvalue weighted by atomic mass is 16.1. The van der Waals surface area contributed by atoms with E-state index in [1.807, 2.05) is 0 Å². The van der Waals surface area contributed by atoms with E-state index in [2.05, 4.69) is 0 Å². The molecule has 0 spiro atoms. The normalized spacial score (nSPS) is 14.5. The summed E-state index contributed by atoms with van der Waals surface area (Å²) in [5, 5.41) is 0. The van der Waals surface area contributed by atoms with Crippen LogP contribution in [-0.2, 0) is 9.59 Å². The van der Waals surface area contributed by atoms with Crippen molar-refractivity contribution < 1.29 is 9.59 Å². The summed E-state index contributed by atoms with van der Waals surface area (Å²) in [4.78, 5) is 21.0. The van der Waals surface area contributed by atoms with Crippen LogP contribution in [0, 0.1) is 0 Å². The van der Waals surface area contributed by atoms with Gasteiger partial charge >= 0.3 is 0 Å². The number of primary amides is 2. The molecule has 2 unspecified atom stereocenters. The molecule has 0 saturated heterocycles. The maximum absolute atomic E-state index is 10.5. The third kappa shape index (κ3) is 9.17. The smallest absolute Gasteiger partial charge is 0.218 e. The van der Waals surface area contributed by atoms with Gasteiger partial charge in [0.15, 0.2) is 0 Å². The molecule has 0 aromatic heterocycles. The average molecular weight is 216 g/mol. The Morgan fingerprint density at radius 1 is 0.867 bits per heavy atom. The zero-order valence-electron chi connectivity index (χ0n) is 8.82. The van der Waals surface area contributed by atoms with Gasteiger partial charge in [0.2, 0.25) is 11.8 Å². The Labute approximate surface area is 89.3 Å². The summed E-state index contributed by atoms with van der Waals surface area (Å²) < 4.78 is 0. The van der Waals surface area contributed by atoms with Gasteiger partial charge in [0.1, 0.15) is 0 Å². The van der Waals surface area contributed by atoms with Crippen molar-refractivity contribution in [3.63, 3.8) is 0 Å². The van der Waals surface area contributed by atoms with E-state index in [1.165, 1.54) is 0 Å². The summed E-state index contributed by atoms with van der Waals surface area (Å²) in [6.07, 6.45) is 2.49. The summed E-state index contributed by atoms with van der Waals surface area (Å²) in [7, 11) is 0. The predicted octanol–water partition coefficient (Wildman–Crippen LogP) is -1.44. The lowest BCUT2D eigenvalue weighted by molar-refractivity contribution is -0.119. The summed E-state index contributed by atoms with van der Waals surface area (Å²) in [6, 6.07) is -0.438. The van der Waals surface area contributed by atoms with Crippen LogP contribution in [0.1, 0.15) is 32.1 Å². The third-order valence-electron chi connectivity index (χ3n) is 2.08. The van der Waals surface area contributed by atoms with Crippen LogP contribution in [0.3, 0.4) is 0 Å². The molecule has 0 saturated carbocycles. The maximum Gasteiger partial charge on any atom is 0.218 e. The molecule has 0 aliphatic rings. The molecule has 0 aromatic rings. The van der Waals surface area contributed by atoms with Crippen LogP contribution < -0.4 is 22.9 Å². The molecule has 0 bridgehead atoms. The van der Waals surface area contributed by atoms with E-state index in [1.54, 1.807) is 0 Å². The van der Waals surface area contributed by atoms with E-state index in [9.17, 15) is 9.59 Å². The molecule has 0 fully saturated rings. The molecule has 2 atom stereocenters. The monoisotopic (exact) mass is 216 g/mol. The number of carbonyl (C=O) groups is 2. The van der Waals surface area contributed by atoms with Gasteiger partial charge < -0.3 is 22.9 Å². The van der Waals surface area contributed by atoms with Gasteiger partial charge in [0, 0.05) is 24.9 Å². The lowest BCUT2D eigenvalue weighted by Crippen LogP contribution is -2.30. The van der Waals surface area contributed by atoms with Crippen LogP contribution >= 0.6 is 0 Å². The molecule has 6 heteroatoms. The number of hydrogen-bond donors (Lipinski definition) is 4. The summed E-state index contributed by atoms with van der Waals surface area (Å²) in [5.41, 5.74) is 21.2. The number of hydrogen-bond acceptors (Lipinski definition) is 4. The van der Waals surface area contributed by atoms with Crippen LogP contribution in [0.5, 0.6) is 0 Å². The van der Waals surface area contributed by atoms with Crippen LogP contribution in [0.15, 0.2) is 0 Å². The fourth-order valence-corrected chi connectivity index (χ4v) is 1.36. The van der Waals surface area contributed by atoms with Crippen molar-refractivity contribution in [3.8, 4) is 0 Å². The Bertz CT molecular complexity index is 198. The second-order valence-corrected chi connectivity index (χ2v) is 3.79. The van der Waals surface area contributed by atoms with E-state index < -0.39 is 11.8 Å². The highest BCUT2D eigenvalue weighted by molar-refractivity contribution is 5.74. The van der Waals surface area contributed by atoms with Gasteiger partial charge in [-0.25, -0.2) is 0 Å². The van der Waals surface area contributed by atoms with E-state index in [-0.39, 0.29) is 24.9 Å². The Balaban J connectivity index is 3.52. The minimum Gasteiger partial charge on any atom is -0.370 e. The molecule has 0 radical (unpaired) electrons. The highest BCUT2D eigenvalue weighted by Gasteiger charge is 2.09. The van der Waals surface area contributed by atoms with Crippen molar-refractivity contribution in [3.05, 3.63) is 0 Å². The van der Waals surface area contributed by atoms with Crippen LogP contribution in [0.25, 0.3) is 0 Å². The first-order valence-electron chi connectivity index (χ1n) is 4.99. The van der Waals surface area contributed by atoms with E-state index in [0.29, 0.717) is 12.8 Å². The van der Waals surface area contributed by atoms with Crippen molar-refractivity contribution in [1.29, 1.82) is 0 Å². The molecule has 8 N–H and O–H groups in total. The van der Waals surface area contributed by atoms with Crippen LogP contribution in [0.4, 0.5) is 0 Å². The first kappa shape index (κ1) is 13.9. The minimum absolute atomic E-state index is 0.186. The molecule has 6 nitrogen and oxygen atoms in total. The van der Waals surface area contributed by atoms with Gasteiger partial charge in [-0.05, 0) is 12.8 Å². The van der Waals surface area contributed by atoms with Crippen LogP contribution in [0.2, 0.25) is 0 Å². The Hall–Kier alpha value is -1.14.